The lowest BCUT2D eigenvalue weighted by molar-refractivity contribution is -0.150. The van der Waals surface area contributed by atoms with Gasteiger partial charge in [0.25, 0.3) is 0 Å². The van der Waals surface area contributed by atoms with Gasteiger partial charge in [0.15, 0.2) is 0 Å². The average molecular weight is 403 g/mol. The van der Waals surface area contributed by atoms with Crippen molar-refractivity contribution in [2.24, 2.45) is 11.7 Å². The molecule has 0 bridgehead atoms. The van der Waals surface area contributed by atoms with Crippen LogP contribution in [0, 0.1) is 5.92 Å². The molecule has 0 aromatic heterocycles. The molecule has 0 aromatic carbocycles. The third kappa shape index (κ3) is 7.02. The second-order valence-electron chi connectivity index (χ2n) is 6.92. The van der Waals surface area contributed by atoms with Crippen molar-refractivity contribution in [1.82, 2.24) is 15.5 Å². The van der Waals surface area contributed by atoms with Gasteiger partial charge in [-0.3, -0.25) is 14.4 Å². The van der Waals surface area contributed by atoms with E-state index in [-0.39, 0.29) is 12.5 Å². The van der Waals surface area contributed by atoms with Crippen LogP contribution in [0.4, 0.5) is 0 Å². The number of nitrogens with zero attached hydrogens (tertiary/aromatic N) is 1. The number of carbonyl (C=O) groups is 4. The number of hydrogen-bond donors (Lipinski definition) is 4. The van der Waals surface area contributed by atoms with E-state index in [1.165, 1.54) is 4.90 Å². The van der Waals surface area contributed by atoms with Crippen LogP contribution in [0.15, 0.2) is 0 Å². The van der Waals surface area contributed by atoms with E-state index in [9.17, 15) is 24.3 Å². The van der Waals surface area contributed by atoms with E-state index in [4.69, 9.17) is 5.73 Å². The summed E-state index contributed by atoms with van der Waals surface area (Å²) in [5, 5.41) is 14.3. The topological polar surface area (TPSA) is 142 Å². The summed E-state index contributed by atoms with van der Waals surface area (Å²) in [6.45, 7) is 3.61. The Balaban J connectivity index is 2.61. The van der Waals surface area contributed by atoms with Crippen LogP contribution < -0.4 is 16.4 Å². The number of carbonyl (C=O) groups excluding carboxylic acids is 3. The molecule has 1 rings (SSSR count). The van der Waals surface area contributed by atoms with Crippen molar-refractivity contribution in [3.8, 4) is 0 Å². The molecular weight excluding hydrogens is 372 g/mol. The van der Waals surface area contributed by atoms with Crippen molar-refractivity contribution >= 4 is 35.5 Å². The van der Waals surface area contributed by atoms with E-state index >= 15 is 0 Å². The molecule has 27 heavy (non-hydrogen) atoms. The summed E-state index contributed by atoms with van der Waals surface area (Å²) in [5.74, 6) is -1.87. The zero-order valence-corrected chi connectivity index (χ0v) is 16.9. The number of rotatable bonds is 10. The largest absolute Gasteiger partial charge is 0.480 e. The molecule has 0 radical (unpaired) electrons. The fraction of sp³-hybridized carbons (Fsp3) is 0.765. The quantitative estimate of drug-likeness (QED) is 0.382. The normalized spacial score (nSPS) is 18.9. The number of nitrogens with two attached hydrogens (primary N) is 1. The van der Waals surface area contributed by atoms with Crippen molar-refractivity contribution in [2.45, 2.75) is 51.2 Å². The van der Waals surface area contributed by atoms with Gasteiger partial charge in [-0.05, 0) is 37.2 Å². The fourth-order valence-corrected chi connectivity index (χ4v) is 3.37. The van der Waals surface area contributed by atoms with E-state index in [0.29, 0.717) is 25.8 Å². The molecule has 154 valence electrons. The molecule has 1 heterocycles. The van der Waals surface area contributed by atoms with Gasteiger partial charge in [-0.25, -0.2) is 4.79 Å². The lowest BCUT2D eigenvalue weighted by Gasteiger charge is -2.29. The zero-order valence-electron chi connectivity index (χ0n) is 16.1. The Morgan fingerprint density at radius 2 is 1.96 bits per heavy atom. The first-order chi connectivity index (χ1) is 12.7. The van der Waals surface area contributed by atoms with Crippen LogP contribution in [0.25, 0.3) is 0 Å². The monoisotopic (exact) mass is 402 g/mol. The van der Waals surface area contributed by atoms with E-state index in [1.54, 1.807) is 25.6 Å². The fourth-order valence-electron chi connectivity index (χ4n) is 2.88. The van der Waals surface area contributed by atoms with Crippen molar-refractivity contribution in [2.75, 3.05) is 25.1 Å². The lowest BCUT2D eigenvalue weighted by atomic mass is 10.0. The first-order valence-electron chi connectivity index (χ1n) is 9.03. The Labute approximate surface area is 163 Å². The Morgan fingerprint density at radius 1 is 1.30 bits per heavy atom. The van der Waals surface area contributed by atoms with Gasteiger partial charge >= 0.3 is 5.97 Å². The van der Waals surface area contributed by atoms with Crippen molar-refractivity contribution in [3.05, 3.63) is 0 Å². The Kier molecular flexibility index (Phi) is 9.57. The van der Waals surface area contributed by atoms with E-state index in [1.807, 2.05) is 6.26 Å². The number of aliphatic carboxylic acids is 1. The second kappa shape index (κ2) is 11.1. The van der Waals surface area contributed by atoms with Crippen molar-refractivity contribution in [1.29, 1.82) is 0 Å². The maximum absolute atomic E-state index is 12.7. The summed E-state index contributed by atoms with van der Waals surface area (Å²) < 4.78 is 0. The molecule has 9 nitrogen and oxygen atoms in total. The third-order valence-corrected chi connectivity index (χ3v) is 5.11. The SMILES string of the molecule is CSCCC(N)C(=O)NCC(=O)NC(C(=O)N1CCCC1C(=O)O)C(C)C. The highest BCUT2D eigenvalue weighted by atomic mass is 32.2. The van der Waals surface area contributed by atoms with Gasteiger partial charge in [-0.1, -0.05) is 13.8 Å². The molecule has 1 saturated heterocycles. The summed E-state index contributed by atoms with van der Waals surface area (Å²) in [7, 11) is 0. The second-order valence-corrected chi connectivity index (χ2v) is 7.91. The first-order valence-corrected chi connectivity index (χ1v) is 10.4. The zero-order chi connectivity index (χ0) is 20.6. The summed E-state index contributed by atoms with van der Waals surface area (Å²) in [6.07, 6.45) is 3.44. The number of amides is 3. The molecular formula is C17H30N4O5S. The summed E-state index contributed by atoms with van der Waals surface area (Å²) in [6, 6.07) is -2.39. The van der Waals surface area contributed by atoms with Crippen LogP contribution in [-0.2, 0) is 19.2 Å². The molecule has 0 aliphatic carbocycles. The molecule has 3 amide bonds. The van der Waals surface area contributed by atoms with Gasteiger partial charge in [0, 0.05) is 6.54 Å². The van der Waals surface area contributed by atoms with Gasteiger partial charge in [-0.2, -0.15) is 11.8 Å². The van der Waals surface area contributed by atoms with E-state index in [2.05, 4.69) is 10.6 Å². The van der Waals surface area contributed by atoms with Gasteiger partial charge in [0.2, 0.25) is 17.7 Å². The minimum absolute atomic E-state index is 0.226. The Morgan fingerprint density at radius 3 is 2.52 bits per heavy atom. The molecule has 0 spiro atoms. The van der Waals surface area contributed by atoms with Gasteiger partial charge in [-0.15, -0.1) is 0 Å². The first kappa shape index (κ1) is 23.2. The third-order valence-electron chi connectivity index (χ3n) is 4.46. The van der Waals surface area contributed by atoms with Crippen LogP contribution in [-0.4, -0.2) is 76.9 Å². The highest BCUT2D eigenvalue weighted by molar-refractivity contribution is 7.98. The summed E-state index contributed by atoms with van der Waals surface area (Å²) in [4.78, 5) is 49.4. The van der Waals surface area contributed by atoms with E-state index < -0.39 is 41.8 Å². The predicted molar refractivity (Wildman–Crippen MR) is 103 cm³/mol. The molecule has 3 unspecified atom stereocenters. The van der Waals surface area contributed by atoms with Crippen LogP contribution in [0.5, 0.6) is 0 Å². The maximum atomic E-state index is 12.7. The molecule has 5 N–H and O–H groups in total. The number of likely N-dealkylation sites (tertiary alicyclic amines) is 1. The Bertz CT molecular complexity index is 557. The van der Waals surface area contributed by atoms with Crippen LogP contribution in [0.2, 0.25) is 0 Å². The van der Waals surface area contributed by atoms with Crippen molar-refractivity contribution < 1.29 is 24.3 Å². The van der Waals surface area contributed by atoms with Crippen LogP contribution in [0.3, 0.4) is 0 Å². The molecule has 3 atom stereocenters. The molecule has 0 saturated carbocycles. The van der Waals surface area contributed by atoms with Gasteiger partial charge in [0.1, 0.15) is 12.1 Å². The minimum atomic E-state index is -1.04. The number of carboxylic acids is 1. The van der Waals surface area contributed by atoms with E-state index in [0.717, 1.165) is 5.75 Å². The van der Waals surface area contributed by atoms with Crippen molar-refractivity contribution in [3.63, 3.8) is 0 Å². The number of thioether (sulfide) groups is 1. The molecule has 1 fully saturated rings. The summed E-state index contributed by atoms with van der Waals surface area (Å²) in [5.41, 5.74) is 5.74. The smallest absolute Gasteiger partial charge is 0.326 e. The van der Waals surface area contributed by atoms with Crippen LogP contribution >= 0.6 is 11.8 Å². The molecule has 1 aliphatic heterocycles. The highest BCUT2D eigenvalue weighted by Crippen LogP contribution is 2.20. The number of hydrogen-bond acceptors (Lipinski definition) is 6. The highest BCUT2D eigenvalue weighted by Gasteiger charge is 2.38. The predicted octanol–water partition coefficient (Wildman–Crippen LogP) is -0.601. The molecule has 0 aromatic rings. The Hall–Kier alpha value is -1.81. The number of nitrogens with one attached hydrogen (secondary N) is 2. The standard InChI is InChI=1S/C17H30N4O5S/c1-10(2)14(16(24)21-7-4-5-12(21)17(25)26)20-13(22)9-19-15(23)11(18)6-8-27-3/h10-12,14H,4-9,18H2,1-3H3,(H,19,23)(H,20,22)(H,25,26). The molecule has 10 heteroatoms. The lowest BCUT2D eigenvalue weighted by Crippen LogP contribution is -2.55. The van der Waals surface area contributed by atoms with Crippen LogP contribution in [0.1, 0.15) is 33.1 Å². The maximum Gasteiger partial charge on any atom is 0.326 e. The minimum Gasteiger partial charge on any atom is -0.480 e. The van der Waals surface area contributed by atoms with Gasteiger partial charge < -0.3 is 26.4 Å². The summed E-state index contributed by atoms with van der Waals surface area (Å²) >= 11 is 1.58. The number of carboxylic acid groups (broad SMARTS) is 1. The average Bonchev–Trinajstić information content (AvgIpc) is 3.11. The van der Waals surface area contributed by atoms with Gasteiger partial charge in [0.05, 0.1) is 12.6 Å². The molecule has 1 aliphatic rings.